The van der Waals surface area contributed by atoms with E-state index in [4.69, 9.17) is 37.1 Å². The van der Waals surface area contributed by atoms with Crippen LogP contribution in [-0.2, 0) is 0 Å². The molecule has 8 heteroatoms. The zero-order valence-corrected chi connectivity index (χ0v) is 17.5. The largest absolute Gasteiger partial charge is 0.497 e. The SMILES string of the molecule is COc1ccc(C(=O)Nc2cc(-c3nc4cc(Cl)ccc4o3)ccc2Cl)c(OC)c1. The third-order valence-corrected chi connectivity index (χ3v) is 5.03. The van der Waals surface area contributed by atoms with E-state index < -0.39 is 0 Å². The van der Waals surface area contributed by atoms with Crippen molar-refractivity contribution >= 4 is 45.9 Å². The lowest BCUT2D eigenvalue weighted by Crippen LogP contribution is -2.13. The van der Waals surface area contributed by atoms with Crippen LogP contribution >= 0.6 is 23.2 Å². The highest BCUT2D eigenvalue weighted by Crippen LogP contribution is 2.32. The lowest BCUT2D eigenvalue weighted by atomic mass is 10.1. The molecule has 4 aromatic rings. The van der Waals surface area contributed by atoms with Gasteiger partial charge in [-0.3, -0.25) is 4.79 Å². The van der Waals surface area contributed by atoms with Gasteiger partial charge in [-0.05, 0) is 48.5 Å². The number of anilines is 1. The van der Waals surface area contributed by atoms with Crippen molar-refractivity contribution in [1.82, 2.24) is 4.98 Å². The molecular formula is C22H16Cl2N2O4. The molecule has 0 atom stereocenters. The second-order valence-corrected chi connectivity index (χ2v) is 7.19. The van der Waals surface area contributed by atoms with E-state index in [-0.39, 0.29) is 5.91 Å². The molecule has 1 amide bonds. The van der Waals surface area contributed by atoms with Gasteiger partial charge in [-0.2, -0.15) is 0 Å². The number of nitrogens with zero attached hydrogens (tertiary/aromatic N) is 1. The Kier molecular flexibility index (Phi) is 5.53. The van der Waals surface area contributed by atoms with Crippen LogP contribution in [0.5, 0.6) is 11.5 Å². The van der Waals surface area contributed by atoms with Crippen LogP contribution in [0.4, 0.5) is 5.69 Å². The number of methoxy groups -OCH3 is 2. The second-order valence-electron chi connectivity index (χ2n) is 6.35. The number of halogens is 2. The number of nitrogens with one attached hydrogen (secondary N) is 1. The van der Waals surface area contributed by atoms with Crippen molar-refractivity contribution in [3.63, 3.8) is 0 Å². The number of hydrogen-bond donors (Lipinski definition) is 1. The normalized spacial score (nSPS) is 10.8. The van der Waals surface area contributed by atoms with E-state index in [1.54, 1.807) is 61.7 Å². The van der Waals surface area contributed by atoms with Gasteiger partial charge in [0.15, 0.2) is 5.58 Å². The van der Waals surface area contributed by atoms with Crippen molar-refractivity contribution < 1.29 is 18.7 Å². The molecule has 0 aliphatic rings. The number of amides is 1. The molecule has 0 saturated heterocycles. The molecule has 0 unspecified atom stereocenters. The van der Waals surface area contributed by atoms with Gasteiger partial charge in [0, 0.05) is 16.7 Å². The van der Waals surface area contributed by atoms with Crippen molar-refractivity contribution in [3.8, 4) is 23.0 Å². The van der Waals surface area contributed by atoms with Gasteiger partial charge in [0.2, 0.25) is 5.89 Å². The van der Waals surface area contributed by atoms with Gasteiger partial charge in [0.05, 0.1) is 30.5 Å². The van der Waals surface area contributed by atoms with Crippen LogP contribution < -0.4 is 14.8 Å². The number of rotatable bonds is 5. The third-order valence-electron chi connectivity index (χ3n) is 4.46. The summed E-state index contributed by atoms with van der Waals surface area (Å²) >= 11 is 12.3. The summed E-state index contributed by atoms with van der Waals surface area (Å²) in [7, 11) is 3.03. The Morgan fingerprint density at radius 2 is 1.83 bits per heavy atom. The highest BCUT2D eigenvalue weighted by atomic mass is 35.5. The Labute approximate surface area is 182 Å². The van der Waals surface area contributed by atoms with Crippen LogP contribution in [0.15, 0.2) is 59.0 Å². The van der Waals surface area contributed by atoms with Crippen LogP contribution in [-0.4, -0.2) is 25.1 Å². The van der Waals surface area contributed by atoms with Crippen LogP contribution in [0.2, 0.25) is 10.0 Å². The number of carbonyl (C=O) groups excluding carboxylic acids is 1. The lowest BCUT2D eigenvalue weighted by Gasteiger charge is -2.12. The summed E-state index contributed by atoms with van der Waals surface area (Å²) in [5.41, 5.74) is 2.66. The maximum atomic E-state index is 12.8. The highest BCUT2D eigenvalue weighted by molar-refractivity contribution is 6.34. The fourth-order valence-electron chi connectivity index (χ4n) is 2.95. The second kappa shape index (κ2) is 8.26. The first-order chi connectivity index (χ1) is 14.5. The summed E-state index contributed by atoms with van der Waals surface area (Å²) in [4.78, 5) is 17.3. The van der Waals surface area contributed by atoms with E-state index in [1.165, 1.54) is 7.11 Å². The first kappa shape index (κ1) is 20.1. The first-order valence-electron chi connectivity index (χ1n) is 8.88. The Morgan fingerprint density at radius 1 is 1.00 bits per heavy atom. The number of oxazole rings is 1. The number of fused-ring (bicyclic) bond motifs is 1. The fraction of sp³-hybridized carbons (Fsp3) is 0.0909. The average Bonchev–Trinajstić information content (AvgIpc) is 3.17. The van der Waals surface area contributed by atoms with Gasteiger partial charge in [-0.25, -0.2) is 4.98 Å². The van der Waals surface area contributed by atoms with Crippen molar-refractivity contribution in [2.24, 2.45) is 0 Å². The van der Waals surface area contributed by atoms with Crippen LogP contribution in [0, 0.1) is 0 Å². The molecule has 0 aliphatic carbocycles. The first-order valence-corrected chi connectivity index (χ1v) is 9.63. The number of hydrogen-bond acceptors (Lipinski definition) is 5. The number of carbonyl (C=O) groups is 1. The van der Waals surface area contributed by atoms with Crippen molar-refractivity contribution in [2.45, 2.75) is 0 Å². The third kappa shape index (κ3) is 3.92. The lowest BCUT2D eigenvalue weighted by molar-refractivity contribution is 0.102. The molecule has 4 rings (SSSR count). The van der Waals surface area contributed by atoms with Crippen LogP contribution in [0.3, 0.4) is 0 Å². The maximum absolute atomic E-state index is 12.8. The minimum Gasteiger partial charge on any atom is -0.497 e. The summed E-state index contributed by atoms with van der Waals surface area (Å²) in [5.74, 6) is 0.980. The molecule has 0 radical (unpaired) electrons. The molecule has 152 valence electrons. The molecule has 30 heavy (non-hydrogen) atoms. The Balaban J connectivity index is 1.66. The monoisotopic (exact) mass is 442 g/mol. The highest BCUT2D eigenvalue weighted by Gasteiger charge is 2.16. The zero-order valence-electron chi connectivity index (χ0n) is 16.0. The topological polar surface area (TPSA) is 73.6 Å². The van der Waals surface area contributed by atoms with Crippen LogP contribution in [0.1, 0.15) is 10.4 Å². The fourth-order valence-corrected chi connectivity index (χ4v) is 3.29. The Morgan fingerprint density at radius 3 is 2.60 bits per heavy atom. The van der Waals surface area contributed by atoms with E-state index in [1.807, 2.05) is 0 Å². The summed E-state index contributed by atoms with van der Waals surface area (Å²) in [5, 5.41) is 3.75. The standard InChI is InChI=1S/C22H16Cl2N2O4/c1-28-14-5-6-15(20(11-14)29-2)21(27)25-17-9-12(3-7-16(17)24)22-26-18-10-13(23)4-8-19(18)30-22/h3-11H,1-2H3,(H,25,27). The molecule has 1 N–H and O–H groups in total. The predicted octanol–water partition coefficient (Wildman–Crippen LogP) is 6.07. The van der Waals surface area contributed by atoms with E-state index in [9.17, 15) is 4.79 Å². The van der Waals surface area contributed by atoms with Gasteiger partial charge >= 0.3 is 0 Å². The van der Waals surface area contributed by atoms with Gasteiger partial charge in [-0.1, -0.05) is 23.2 Å². The molecule has 3 aromatic carbocycles. The van der Waals surface area contributed by atoms with E-state index in [2.05, 4.69) is 10.3 Å². The summed E-state index contributed by atoms with van der Waals surface area (Å²) in [6, 6.07) is 15.3. The summed E-state index contributed by atoms with van der Waals surface area (Å²) in [6.45, 7) is 0. The molecule has 0 aliphatic heterocycles. The van der Waals surface area contributed by atoms with E-state index >= 15 is 0 Å². The minimum atomic E-state index is -0.377. The van der Waals surface area contributed by atoms with Crippen molar-refractivity contribution in [2.75, 3.05) is 19.5 Å². The number of benzene rings is 3. The van der Waals surface area contributed by atoms with Gasteiger partial charge in [0.1, 0.15) is 17.0 Å². The molecule has 6 nitrogen and oxygen atoms in total. The minimum absolute atomic E-state index is 0.344. The van der Waals surface area contributed by atoms with Crippen LogP contribution in [0.25, 0.3) is 22.6 Å². The van der Waals surface area contributed by atoms with Crippen molar-refractivity contribution in [3.05, 3.63) is 70.2 Å². The number of ether oxygens (including phenoxy) is 2. The molecule has 0 spiro atoms. The maximum Gasteiger partial charge on any atom is 0.259 e. The molecule has 0 saturated carbocycles. The Hall–Kier alpha value is -3.22. The number of aromatic nitrogens is 1. The molecule has 1 aromatic heterocycles. The molecule has 0 bridgehead atoms. The van der Waals surface area contributed by atoms with E-state index in [0.717, 1.165) is 0 Å². The molecular weight excluding hydrogens is 427 g/mol. The molecule has 0 fully saturated rings. The van der Waals surface area contributed by atoms with Gasteiger partial charge in [0.25, 0.3) is 5.91 Å². The zero-order chi connectivity index (χ0) is 21.3. The summed E-state index contributed by atoms with van der Waals surface area (Å²) in [6.07, 6.45) is 0. The van der Waals surface area contributed by atoms with Crippen molar-refractivity contribution in [1.29, 1.82) is 0 Å². The quantitative estimate of drug-likeness (QED) is 0.405. The predicted molar refractivity (Wildman–Crippen MR) is 117 cm³/mol. The molecule has 1 heterocycles. The average molecular weight is 443 g/mol. The van der Waals surface area contributed by atoms with Gasteiger partial charge < -0.3 is 19.2 Å². The van der Waals surface area contributed by atoms with Gasteiger partial charge in [-0.15, -0.1) is 0 Å². The van der Waals surface area contributed by atoms with E-state index in [0.29, 0.717) is 55.3 Å². The Bertz CT molecular complexity index is 1250. The smallest absolute Gasteiger partial charge is 0.259 e. The summed E-state index contributed by atoms with van der Waals surface area (Å²) < 4.78 is 16.3.